The largest absolute Gasteiger partial charge is 0.480 e. The molecule has 1 atom stereocenters. The van der Waals surface area contributed by atoms with Crippen LogP contribution in [-0.2, 0) is 10.2 Å². The molecule has 0 radical (unpaired) electrons. The molecule has 0 aliphatic heterocycles. The van der Waals surface area contributed by atoms with Crippen LogP contribution in [0.1, 0.15) is 19.4 Å². The van der Waals surface area contributed by atoms with Crippen molar-refractivity contribution in [2.24, 2.45) is 5.73 Å². The normalized spacial score (nSPS) is 13.5. The number of aromatic nitrogens is 1. The summed E-state index contributed by atoms with van der Waals surface area (Å²) in [6.45, 7) is 3.68. The lowest BCUT2D eigenvalue weighted by Crippen LogP contribution is -2.46. The molecule has 1 aromatic carbocycles. The molecule has 0 fully saturated rings. The standard InChI is InChI=1S/C14H16N2O2/c1-14(2,12(15)13(17)18)10-7-8-16-11-6-4-3-5-9(10)11/h3-8,12H,15H2,1-2H3,(H,17,18). The highest BCUT2D eigenvalue weighted by molar-refractivity contribution is 5.85. The van der Waals surface area contributed by atoms with E-state index in [-0.39, 0.29) is 0 Å². The van der Waals surface area contributed by atoms with Crippen molar-refractivity contribution in [3.63, 3.8) is 0 Å². The number of carboxylic acid groups (broad SMARTS) is 1. The van der Waals surface area contributed by atoms with E-state index in [1.165, 1.54) is 0 Å². The fourth-order valence-corrected chi connectivity index (χ4v) is 2.13. The highest BCUT2D eigenvalue weighted by Gasteiger charge is 2.34. The van der Waals surface area contributed by atoms with Gasteiger partial charge in [0.2, 0.25) is 0 Å². The monoisotopic (exact) mass is 244 g/mol. The van der Waals surface area contributed by atoms with Crippen molar-refractivity contribution in [2.75, 3.05) is 0 Å². The first-order valence-electron chi connectivity index (χ1n) is 5.77. The number of pyridine rings is 1. The topological polar surface area (TPSA) is 76.2 Å². The van der Waals surface area contributed by atoms with Gasteiger partial charge in [0.15, 0.2) is 0 Å². The number of nitrogens with zero attached hydrogens (tertiary/aromatic N) is 1. The Kier molecular flexibility index (Phi) is 3.05. The van der Waals surface area contributed by atoms with Crippen molar-refractivity contribution in [3.05, 3.63) is 42.1 Å². The van der Waals surface area contributed by atoms with E-state index in [4.69, 9.17) is 10.8 Å². The predicted octanol–water partition coefficient (Wildman–Crippen LogP) is 1.92. The van der Waals surface area contributed by atoms with Crippen molar-refractivity contribution in [1.82, 2.24) is 4.98 Å². The quantitative estimate of drug-likeness (QED) is 0.864. The number of fused-ring (bicyclic) bond motifs is 1. The third-order valence-corrected chi connectivity index (χ3v) is 3.39. The summed E-state index contributed by atoms with van der Waals surface area (Å²) in [7, 11) is 0. The van der Waals surface area contributed by atoms with E-state index in [0.717, 1.165) is 16.5 Å². The average Bonchev–Trinajstić information content (AvgIpc) is 2.36. The molecule has 0 saturated heterocycles. The number of benzene rings is 1. The van der Waals surface area contributed by atoms with Gasteiger partial charge in [-0.3, -0.25) is 9.78 Å². The molecule has 2 aromatic rings. The Labute approximate surface area is 105 Å². The van der Waals surface area contributed by atoms with Crippen LogP contribution in [0.25, 0.3) is 10.9 Å². The average molecular weight is 244 g/mol. The van der Waals surface area contributed by atoms with Crippen LogP contribution in [0, 0.1) is 0 Å². The van der Waals surface area contributed by atoms with Crippen molar-refractivity contribution < 1.29 is 9.90 Å². The van der Waals surface area contributed by atoms with E-state index in [9.17, 15) is 4.79 Å². The molecule has 18 heavy (non-hydrogen) atoms. The van der Waals surface area contributed by atoms with Crippen LogP contribution in [0.3, 0.4) is 0 Å². The lowest BCUT2D eigenvalue weighted by molar-refractivity contribution is -0.140. The molecule has 1 heterocycles. The molecule has 1 unspecified atom stereocenters. The van der Waals surface area contributed by atoms with Crippen LogP contribution in [0.2, 0.25) is 0 Å². The summed E-state index contributed by atoms with van der Waals surface area (Å²) in [5, 5.41) is 10.1. The molecule has 3 N–H and O–H groups in total. The summed E-state index contributed by atoms with van der Waals surface area (Å²) >= 11 is 0. The number of para-hydroxylation sites is 1. The molecular formula is C14H16N2O2. The maximum atomic E-state index is 11.1. The second-order valence-corrected chi connectivity index (χ2v) is 4.91. The lowest BCUT2D eigenvalue weighted by Gasteiger charge is -2.30. The molecule has 0 aliphatic carbocycles. The van der Waals surface area contributed by atoms with Gasteiger partial charge in [-0.2, -0.15) is 0 Å². The minimum atomic E-state index is -0.999. The first-order chi connectivity index (χ1) is 8.44. The molecule has 0 saturated carbocycles. The Morgan fingerprint density at radius 2 is 2.00 bits per heavy atom. The number of rotatable bonds is 3. The van der Waals surface area contributed by atoms with Gasteiger partial charge in [-0.1, -0.05) is 32.0 Å². The van der Waals surface area contributed by atoms with Crippen LogP contribution in [0.5, 0.6) is 0 Å². The third-order valence-electron chi connectivity index (χ3n) is 3.39. The van der Waals surface area contributed by atoms with Crippen molar-refractivity contribution in [2.45, 2.75) is 25.3 Å². The van der Waals surface area contributed by atoms with Crippen molar-refractivity contribution in [3.8, 4) is 0 Å². The minimum absolute atomic E-state index is 0.658. The number of hydrogen-bond donors (Lipinski definition) is 2. The zero-order valence-electron chi connectivity index (χ0n) is 10.4. The minimum Gasteiger partial charge on any atom is -0.480 e. The highest BCUT2D eigenvalue weighted by atomic mass is 16.4. The molecule has 94 valence electrons. The van der Waals surface area contributed by atoms with Gasteiger partial charge >= 0.3 is 5.97 Å². The van der Waals surface area contributed by atoms with E-state index >= 15 is 0 Å². The first-order valence-corrected chi connectivity index (χ1v) is 5.77. The van der Waals surface area contributed by atoms with Gasteiger partial charge in [-0.05, 0) is 17.7 Å². The molecule has 4 heteroatoms. The number of nitrogens with two attached hydrogens (primary N) is 1. The molecule has 4 nitrogen and oxygen atoms in total. The first kappa shape index (κ1) is 12.5. The highest BCUT2D eigenvalue weighted by Crippen LogP contribution is 2.31. The van der Waals surface area contributed by atoms with Crippen LogP contribution in [-0.4, -0.2) is 22.1 Å². The Hall–Kier alpha value is -1.94. The van der Waals surface area contributed by atoms with Crippen molar-refractivity contribution >= 4 is 16.9 Å². The molecule has 0 spiro atoms. The van der Waals surface area contributed by atoms with E-state index in [2.05, 4.69) is 4.98 Å². The Balaban J connectivity index is 2.64. The van der Waals surface area contributed by atoms with Crippen LogP contribution in [0.4, 0.5) is 0 Å². The lowest BCUT2D eigenvalue weighted by atomic mass is 9.77. The second kappa shape index (κ2) is 4.38. The van der Waals surface area contributed by atoms with Gasteiger partial charge in [0.05, 0.1) is 5.52 Å². The van der Waals surface area contributed by atoms with Crippen molar-refractivity contribution in [1.29, 1.82) is 0 Å². The Morgan fingerprint density at radius 3 is 2.67 bits per heavy atom. The van der Waals surface area contributed by atoms with Gasteiger partial charge in [0, 0.05) is 17.0 Å². The number of carbonyl (C=O) groups is 1. The zero-order valence-corrected chi connectivity index (χ0v) is 10.4. The molecule has 2 rings (SSSR count). The summed E-state index contributed by atoms with van der Waals surface area (Å²) < 4.78 is 0. The number of carboxylic acids is 1. The summed E-state index contributed by atoms with van der Waals surface area (Å²) in [4.78, 5) is 15.4. The maximum absolute atomic E-state index is 11.1. The van der Waals surface area contributed by atoms with Gasteiger partial charge in [-0.15, -0.1) is 0 Å². The zero-order chi connectivity index (χ0) is 13.3. The van der Waals surface area contributed by atoms with E-state index in [1.807, 2.05) is 44.2 Å². The summed E-state index contributed by atoms with van der Waals surface area (Å²) in [5.41, 5.74) is 6.89. The second-order valence-electron chi connectivity index (χ2n) is 4.91. The molecule has 0 bridgehead atoms. The number of aliphatic carboxylic acids is 1. The smallest absolute Gasteiger partial charge is 0.321 e. The Morgan fingerprint density at radius 1 is 1.33 bits per heavy atom. The van der Waals surface area contributed by atoms with E-state index < -0.39 is 17.4 Å². The fraction of sp³-hybridized carbons (Fsp3) is 0.286. The molecule has 1 aromatic heterocycles. The van der Waals surface area contributed by atoms with Crippen LogP contribution in [0.15, 0.2) is 36.5 Å². The third kappa shape index (κ3) is 1.95. The van der Waals surface area contributed by atoms with Gasteiger partial charge in [0.1, 0.15) is 6.04 Å². The summed E-state index contributed by atoms with van der Waals surface area (Å²) in [5.74, 6) is -0.999. The maximum Gasteiger partial charge on any atom is 0.321 e. The SMILES string of the molecule is CC(C)(c1ccnc2ccccc12)C(N)C(=O)O. The van der Waals surface area contributed by atoms with Crippen LogP contribution < -0.4 is 5.73 Å². The molecule has 0 amide bonds. The molecule has 0 aliphatic rings. The summed E-state index contributed by atoms with van der Waals surface area (Å²) in [6, 6.07) is 8.54. The predicted molar refractivity (Wildman–Crippen MR) is 70.4 cm³/mol. The summed E-state index contributed by atoms with van der Waals surface area (Å²) in [6.07, 6.45) is 1.69. The van der Waals surface area contributed by atoms with Gasteiger partial charge in [-0.25, -0.2) is 0 Å². The Bertz CT molecular complexity index is 588. The van der Waals surface area contributed by atoms with Gasteiger partial charge < -0.3 is 10.8 Å². The van der Waals surface area contributed by atoms with E-state index in [0.29, 0.717) is 0 Å². The fourth-order valence-electron chi connectivity index (χ4n) is 2.13. The number of hydrogen-bond acceptors (Lipinski definition) is 3. The van der Waals surface area contributed by atoms with Gasteiger partial charge in [0.25, 0.3) is 0 Å². The van der Waals surface area contributed by atoms with E-state index in [1.54, 1.807) is 6.20 Å². The van der Waals surface area contributed by atoms with Crippen LogP contribution >= 0.6 is 0 Å². The molecular weight excluding hydrogens is 228 g/mol.